The lowest BCUT2D eigenvalue weighted by Crippen LogP contribution is -2.20. The molecule has 0 aliphatic heterocycles. The van der Waals surface area contributed by atoms with E-state index in [1.54, 1.807) is 30.8 Å². The van der Waals surface area contributed by atoms with Gasteiger partial charge in [-0.05, 0) is 24.6 Å². The van der Waals surface area contributed by atoms with Gasteiger partial charge in [0.1, 0.15) is 11.7 Å². The quantitative estimate of drug-likeness (QED) is 0.797. The highest BCUT2D eigenvalue weighted by atomic mass is 35.5. The summed E-state index contributed by atoms with van der Waals surface area (Å²) in [5.41, 5.74) is 0.788. The number of hydrogen-bond donors (Lipinski definition) is 0. The molecule has 1 atom stereocenters. The fraction of sp³-hybridized carbons (Fsp3) is 0.400. The summed E-state index contributed by atoms with van der Waals surface area (Å²) >= 11 is 5.91. The van der Waals surface area contributed by atoms with Crippen molar-refractivity contribution in [3.63, 3.8) is 0 Å². The third-order valence-corrected chi connectivity index (χ3v) is 3.39. The molecule has 0 bridgehead atoms. The first kappa shape index (κ1) is 15.5. The minimum Gasteiger partial charge on any atom is -0.465 e. The summed E-state index contributed by atoms with van der Waals surface area (Å²) in [7, 11) is 1.78. The summed E-state index contributed by atoms with van der Waals surface area (Å²) in [4.78, 5) is 16.8. The van der Waals surface area contributed by atoms with E-state index in [1.165, 1.54) is 0 Å². The number of aryl methyl sites for hydroxylation is 2. The molecule has 0 spiro atoms. The summed E-state index contributed by atoms with van der Waals surface area (Å²) in [6.07, 6.45) is 0.712. The first-order valence-corrected chi connectivity index (χ1v) is 7.26. The van der Waals surface area contributed by atoms with Gasteiger partial charge in [-0.3, -0.25) is 9.48 Å². The number of ether oxygens (including phenoxy) is 1. The molecule has 0 amide bonds. The largest absolute Gasteiger partial charge is 0.465 e. The molecule has 1 unspecified atom stereocenters. The van der Waals surface area contributed by atoms with Crippen LogP contribution < -0.4 is 0 Å². The van der Waals surface area contributed by atoms with Crippen molar-refractivity contribution in [3.8, 4) is 0 Å². The van der Waals surface area contributed by atoms with Crippen LogP contribution in [0.4, 0.5) is 0 Å². The summed E-state index contributed by atoms with van der Waals surface area (Å²) in [6.45, 7) is 4.08. The molecule has 2 aromatic rings. The molecule has 0 N–H and O–H groups in total. The molecule has 1 aromatic heterocycles. The van der Waals surface area contributed by atoms with Gasteiger partial charge >= 0.3 is 5.97 Å². The third kappa shape index (κ3) is 3.42. The number of esters is 1. The van der Waals surface area contributed by atoms with Gasteiger partial charge in [-0.15, -0.1) is 0 Å². The second-order valence-corrected chi connectivity index (χ2v) is 5.04. The van der Waals surface area contributed by atoms with Gasteiger partial charge in [-0.1, -0.05) is 30.7 Å². The fourth-order valence-corrected chi connectivity index (χ4v) is 2.25. The summed E-state index contributed by atoms with van der Waals surface area (Å²) in [5, 5.41) is 4.93. The highest BCUT2D eigenvalue weighted by Crippen LogP contribution is 2.26. The van der Waals surface area contributed by atoms with E-state index in [1.807, 2.05) is 19.1 Å². The Bertz CT molecular complexity index is 622. The summed E-state index contributed by atoms with van der Waals surface area (Å²) < 4.78 is 6.82. The van der Waals surface area contributed by atoms with Crippen molar-refractivity contribution in [3.05, 3.63) is 46.5 Å². The molecule has 0 radical (unpaired) electrons. The van der Waals surface area contributed by atoms with Crippen LogP contribution in [0.3, 0.4) is 0 Å². The van der Waals surface area contributed by atoms with Crippen molar-refractivity contribution >= 4 is 17.6 Å². The van der Waals surface area contributed by atoms with Crippen LogP contribution >= 0.6 is 11.6 Å². The minimum absolute atomic E-state index is 0.321. The third-order valence-electron chi connectivity index (χ3n) is 3.14. The van der Waals surface area contributed by atoms with Crippen molar-refractivity contribution in [1.82, 2.24) is 14.8 Å². The number of hydrogen-bond acceptors (Lipinski definition) is 4. The minimum atomic E-state index is -0.597. The van der Waals surface area contributed by atoms with Crippen molar-refractivity contribution in [2.45, 2.75) is 26.2 Å². The summed E-state index contributed by atoms with van der Waals surface area (Å²) in [6, 6.07) is 7.12. The average Bonchev–Trinajstić information content (AvgIpc) is 2.83. The van der Waals surface area contributed by atoms with Crippen LogP contribution in [0, 0.1) is 0 Å². The lowest BCUT2D eigenvalue weighted by atomic mass is 9.98. The zero-order chi connectivity index (χ0) is 15.4. The van der Waals surface area contributed by atoms with Gasteiger partial charge in [0, 0.05) is 18.5 Å². The molecule has 21 heavy (non-hydrogen) atoms. The van der Waals surface area contributed by atoms with Crippen LogP contribution in [0.25, 0.3) is 0 Å². The second kappa shape index (κ2) is 6.72. The zero-order valence-corrected chi connectivity index (χ0v) is 13.1. The summed E-state index contributed by atoms with van der Waals surface area (Å²) in [5.74, 6) is 0.348. The van der Waals surface area contributed by atoms with Crippen LogP contribution in [-0.4, -0.2) is 27.3 Å². The molecule has 0 aliphatic carbocycles. The maximum absolute atomic E-state index is 12.3. The van der Waals surface area contributed by atoms with Crippen LogP contribution in [0.5, 0.6) is 0 Å². The number of carbonyl (C=O) groups excluding carboxylic acids is 1. The molecular weight excluding hydrogens is 290 g/mol. The normalized spacial score (nSPS) is 12.2. The monoisotopic (exact) mass is 307 g/mol. The molecule has 0 aliphatic rings. The van der Waals surface area contributed by atoms with Gasteiger partial charge in [0.05, 0.1) is 6.61 Å². The van der Waals surface area contributed by atoms with Gasteiger partial charge in [0.2, 0.25) is 0 Å². The second-order valence-electron chi connectivity index (χ2n) is 4.60. The van der Waals surface area contributed by atoms with Crippen molar-refractivity contribution in [2.24, 2.45) is 7.05 Å². The van der Waals surface area contributed by atoms with Crippen molar-refractivity contribution in [2.75, 3.05) is 6.61 Å². The van der Waals surface area contributed by atoms with Gasteiger partial charge in [0.25, 0.3) is 0 Å². The van der Waals surface area contributed by atoms with Crippen LogP contribution in [0.15, 0.2) is 24.3 Å². The molecule has 112 valence electrons. The van der Waals surface area contributed by atoms with E-state index in [0.717, 1.165) is 5.56 Å². The molecule has 0 saturated heterocycles. The predicted molar refractivity (Wildman–Crippen MR) is 80.3 cm³/mol. The SMILES string of the molecule is CCOC(=O)C(c1ccc(Cl)cc1)c1nc(CC)nn1C. The lowest BCUT2D eigenvalue weighted by molar-refractivity contribution is -0.144. The number of rotatable bonds is 5. The Morgan fingerprint density at radius 3 is 2.52 bits per heavy atom. The van der Waals surface area contributed by atoms with E-state index in [4.69, 9.17) is 16.3 Å². The molecule has 6 heteroatoms. The molecule has 2 rings (SSSR count). The molecular formula is C15H18ClN3O2. The predicted octanol–water partition coefficient (Wildman–Crippen LogP) is 2.73. The van der Waals surface area contributed by atoms with E-state index in [-0.39, 0.29) is 5.97 Å². The van der Waals surface area contributed by atoms with Crippen molar-refractivity contribution in [1.29, 1.82) is 0 Å². The smallest absolute Gasteiger partial charge is 0.321 e. The number of nitrogens with zero attached hydrogens (tertiary/aromatic N) is 3. The Hall–Kier alpha value is -1.88. The molecule has 1 aromatic carbocycles. The molecule has 0 fully saturated rings. The van der Waals surface area contributed by atoms with Gasteiger partial charge < -0.3 is 4.74 Å². The van der Waals surface area contributed by atoms with Crippen LogP contribution in [0.1, 0.15) is 37.0 Å². The Balaban J connectivity index is 2.47. The average molecular weight is 308 g/mol. The van der Waals surface area contributed by atoms with Crippen LogP contribution in [-0.2, 0) is 23.0 Å². The zero-order valence-electron chi connectivity index (χ0n) is 12.3. The molecule has 5 nitrogen and oxygen atoms in total. The number of benzene rings is 1. The van der Waals surface area contributed by atoms with E-state index in [0.29, 0.717) is 29.7 Å². The maximum Gasteiger partial charge on any atom is 0.321 e. The Labute approximate surface area is 128 Å². The first-order valence-electron chi connectivity index (χ1n) is 6.88. The van der Waals surface area contributed by atoms with E-state index in [2.05, 4.69) is 10.1 Å². The number of halogens is 1. The standard InChI is InChI=1S/C15H18ClN3O2/c1-4-12-17-14(19(3)18-12)13(15(20)21-5-2)10-6-8-11(16)9-7-10/h6-9,13H,4-5H2,1-3H3. The van der Waals surface area contributed by atoms with Gasteiger partial charge in [0.15, 0.2) is 5.82 Å². The lowest BCUT2D eigenvalue weighted by Gasteiger charge is -2.15. The Morgan fingerprint density at radius 1 is 1.33 bits per heavy atom. The topological polar surface area (TPSA) is 57.0 Å². The van der Waals surface area contributed by atoms with E-state index >= 15 is 0 Å². The fourth-order valence-electron chi connectivity index (χ4n) is 2.12. The van der Waals surface area contributed by atoms with Gasteiger partial charge in [-0.25, -0.2) is 4.98 Å². The van der Waals surface area contributed by atoms with Gasteiger partial charge in [-0.2, -0.15) is 5.10 Å². The highest BCUT2D eigenvalue weighted by Gasteiger charge is 2.29. The molecule has 0 saturated carbocycles. The highest BCUT2D eigenvalue weighted by molar-refractivity contribution is 6.30. The maximum atomic E-state index is 12.3. The Kier molecular flexibility index (Phi) is 4.96. The number of carbonyl (C=O) groups is 1. The Morgan fingerprint density at radius 2 is 2.00 bits per heavy atom. The van der Waals surface area contributed by atoms with E-state index in [9.17, 15) is 4.79 Å². The molecule has 1 heterocycles. The number of aromatic nitrogens is 3. The van der Waals surface area contributed by atoms with E-state index < -0.39 is 5.92 Å². The van der Waals surface area contributed by atoms with Crippen molar-refractivity contribution < 1.29 is 9.53 Å². The first-order chi connectivity index (χ1) is 10.1. The van der Waals surface area contributed by atoms with Crippen LogP contribution in [0.2, 0.25) is 5.02 Å².